The fourth-order valence-electron chi connectivity index (χ4n) is 2.21. The van der Waals surface area contributed by atoms with Crippen molar-refractivity contribution >= 4 is 38.8 Å². The van der Waals surface area contributed by atoms with E-state index in [1.165, 1.54) is 7.11 Å². The Kier molecular flexibility index (Phi) is 3.60. The van der Waals surface area contributed by atoms with Crippen LogP contribution >= 0.6 is 11.3 Å². The van der Waals surface area contributed by atoms with Crippen LogP contribution in [0, 0.1) is 11.3 Å². The highest BCUT2D eigenvalue weighted by Gasteiger charge is 2.20. The number of thiophene rings is 1. The summed E-state index contributed by atoms with van der Waals surface area (Å²) in [5, 5.41) is 9.59. The summed E-state index contributed by atoms with van der Waals surface area (Å²) in [6.07, 6.45) is 0. The molecule has 0 saturated heterocycles. The van der Waals surface area contributed by atoms with Gasteiger partial charge in [0.1, 0.15) is 27.3 Å². The number of hydrogen-bond donors (Lipinski definition) is 2. The first kappa shape index (κ1) is 14.8. The molecule has 2 heterocycles. The molecule has 0 atom stereocenters. The molecule has 0 radical (unpaired) electrons. The van der Waals surface area contributed by atoms with Crippen molar-refractivity contribution in [1.29, 1.82) is 5.26 Å². The molecule has 3 rings (SSSR count). The lowest BCUT2D eigenvalue weighted by molar-refractivity contribution is 0.104. The monoisotopic (exact) mass is 324 g/mol. The molecule has 23 heavy (non-hydrogen) atoms. The maximum absolute atomic E-state index is 12.7. The minimum Gasteiger partial charge on any atom is -0.497 e. The Balaban J connectivity index is 2.14. The predicted molar refractivity (Wildman–Crippen MR) is 89.6 cm³/mol. The molecule has 0 unspecified atom stereocenters. The summed E-state index contributed by atoms with van der Waals surface area (Å²) in [7, 11) is 1.54. The number of nitrogens with zero attached hydrogens (tertiary/aromatic N) is 2. The molecular formula is C16H12N4O2S. The minimum atomic E-state index is -0.221. The highest BCUT2D eigenvalue weighted by Crippen LogP contribution is 2.35. The highest BCUT2D eigenvalue weighted by atomic mass is 32.1. The van der Waals surface area contributed by atoms with Crippen molar-refractivity contribution in [2.75, 3.05) is 18.6 Å². The molecule has 114 valence electrons. The SMILES string of the molecule is COc1cccc(C(=O)c2sc3nc(N)c(C#N)cc3c2N)c1. The number of hydrogen-bond acceptors (Lipinski definition) is 7. The van der Waals surface area contributed by atoms with E-state index >= 15 is 0 Å². The number of nitrogen functional groups attached to an aromatic ring is 2. The lowest BCUT2D eigenvalue weighted by Crippen LogP contribution is -2.02. The van der Waals surface area contributed by atoms with E-state index in [1.807, 2.05) is 6.07 Å². The van der Waals surface area contributed by atoms with Crippen molar-refractivity contribution in [1.82, 2.24) is 4.98 Å². The maximum Gasteiger partial charge on any atom is 0.205 e. The van der Waals surface area contributed by atoms with Gasteiger partial charge in [0.2, 0.25) is 5.78 Å². The number of methoxy groups -OCH3 is 1. The Morgan fingerprint density at radius 2 is 2.13 bits per heavy atom. The predicted octanol–water partition coefficient (Wildman–Crippen LogP) is 2.57. The number of nitrogens with two attached hydrogens (primary N) is 2. The molecule has 0 saturated carbocycles. The van der Waals surface area contributed by atoms with Crippen molar-refractivity contribution in [3.63, 3.8) is 0 Å². The number of anilines is 2. The molecule has 0 fully saturated rings. The van der Waals surface area contributed by atoms with Gasteiger partial charge in [-0.1, -0.05) is 12.1 Å². The fourth-order valence-corrected chi connectivity index (χ4v) is 3.25. The largest absolute Gasteiger partial charge is 0.497 e. The number of carbonyl (C=O) groups excluding carboxylic acids is 1. The molecule has 0 aliphatic rings. The van der Waals surface area contributed by atoms with E-state index in [2.05, 4.69) is 4.98 Å². The van der Waals surface area contributed by atoms with Crippen LogP contribution in [0.4, 0.5) is 11.5 Å². The van der Waals surface area contributed by atoms with Crippen LogP contribution in [0.25, 0.3) is 10.2 Å². The van der Waals surface area contributed by atoms with Gasteiger partial charge in [0, 0.05) is 10.9 Å². The molecule has 0 aliphatic carbocycles. The van der Waals surface area contributed by atoms with Gasteiger partial charge in [-0.15, -0.1) is 11.3 Å². The zero-order valence-electron chi connectivity index (χ0n) is 12.2. The second-order valence-corrected chi connectivity index (χ2v) is 5.79. The average Bonchev–Trinajstić information content (AvgIpc) is 2.89. The summed E-state index contributed by atoms with van der Waals surface area (Å²) >= 11 is 1.16. The topological polar surface area (TPSA) is 115 Å². The number of nitriles is 1. The minimum absolute atomic E-state index is 0.127. The number of aromatic nitrogens is 1. The number of ketones is 1. The highest BCUT2D eigenvalue weighted by molar-refractivity contribution is 7.21. The summed E-state index contributed by atoms with van der Waals surface area (Å²) in [6, 6.07) is 10.4. The molecule has 6 nitrogen and oxygen atoms in total. The molecule has 0 bridgehead atoms. The molecule has 0 aliphatic heterocycles. The van der Waals surface area contributed by atoms with Gasteiger partial charge in [-0.2, -0.15) is 5.26 Å². The van der Waals surface area contributed by atoms with E-state index in [1.54, 1.807) is 30.3 Å². The third-order valence-electron chi connectivity index (χ3n) is 3.41. The fraction of sp³-hybridized carbons (Fsp3) is 0.0625. The third-order valence-corrected chi connectivity index (χ3v) is 4.52. The van der Waals surface area contributed by atoms with Gasteiger partial charge >= 0.3 is 0 Å². The summed E-state index contributed by atoms with van der Waals surface area (Å²) in [5.41, 5.74) is 12.8. The van der Waals surface area contributed by atoms with Crippen LogP contribution < -0.4 is 16.2 Å². The molecular weight excluding hydrogens is 312 g/mol. The van der Waals surface area contributed by atoms with Crippen LogP contribution in [0.5, 0.6) is 5.75 Å². The van der Waals surface area contributed by atoms with Crippen LogP contribution in [-0.2, 0) is 0 Å². The first-order chi connectivity index (χ1) is 11.0. The van der Waals surface area contributed by atoms with Crippen molar-refractivity contribution in [2.45, 2.75) is 0 Å². The zero-order valence-corrected chi connectivity index (χ0v) is 13.0. The molecule has 4 N–H and O–H groups in total. The molecule has 2 aromatic heterocycles. The number of pyridine rings is 1. The summed E-state index contributed by atoms with van der Waals surface area (Å²) in [6.45, 7) is 0. The van der Waals surface area contributed by atoms with Crippen LogP contribution in [-0.4, -0.2) is 17.9 Å². The van der Waals surface area contributed by atoms with Gasteiger partial charge in [-0.3, -0.25) is 4.79 Å². The second kappa shape index (κ2) is 5.59. The molecule has 0 amide bonds. The molecule has 0 spiro atoms. The lowest BCUT2D eigenvalue weighted by Gasteiger charge is -2.03. The van der Waals surface area contributed by atoms with Crippen LogP contribution in [0.2, 0.25) is 0 Å². The molecule has 3 aromatic rings. The molecule has 7 heteroatoms. The van der Waals surface area contributed by atoms with Gasteiger partial charge in [0.25, 0.3) is 0 Å². The Morgan fingerprint density at radius 3 is 2.83 bits per heavy atom. The van der Waals surface area contributed by atoms with E-state index in [9.17, 15) is 4.79 Å². The Hall–Kier alpha value is -3.11. The van der Waals surface area contributed by atoms with E-state index in [0.717, 1.165) is 11.3 Å². The number of benzene rings is 1. The zero-order chi connectivity index (χ0) is 16.6. The third kappa shape index (κ3) is 2.45. The van der Waals surface area contributed by atoms with Crippen LogP contribution in [0.1, 0.15) is 20.8 Å². The average molecular weight is 324 g/mol. The number of rotatable bonds is 3. The van der Waals surface area contributed by atoms with Gasteiger partial charge < -0.3 is 16.2 Å². The molecule has 1 aromatic carbocycles. The van der Waals surface area contributed by atoms with Crippen molar-refractivity contribution in [2.24, 2.45) is 0 Å². The smallest absolute Gasteiger partial charge is 0.205 e. The summed E-state index contributed by atoms with van der Waals surface area (Å²) in [5.74, 6) is 0.493. The van der Waals surface area contributed by atoms with Gasteiger partial charge in [-0.25, -0.2) is 4.98 Å². The van der Waals surface area contributed by atoms with Gasteiger partial charge in [0.15, 0.2) is 0 Å². The van der Waals surface area contributed by atoms with E-state index in [-0.39, 0.29) is 17.2 Å². The first-order valence-corrected chi connectivity index (χ1v) is 7.44. The van der Waals surface area contributed by atoms with E-state index in [0.29, 0.717) is 32.1 Å². The van der Waals surface area contributed by atoms with E-state index < -0.39 is 0 Å². The standard InChI is InChI=1S/C16H12N4O2S/c1-22-10-4-2-3-8(5-10)13(21)14-12(18)11-6-9(7-17)15(19)20-16(11)23-14/h2-6H,18H2,1H3,(H2,19,20). The second-order valence-electron chi connectivity index (χ2n) is 4.79. The summed E-state index contributed by atoms with van der Waals surface area (Å²) in [4.78, 5) is 17.8. The van der Waals surface area contributed by atoms with E-state index in [4.69, 9.17) is 21.5 Å². The Bertz CT molecular complexity index is 972. The lowest BCUT2D eigenvalue weighted by atomic mass is 10.1. The van der Waals surface area contributed by atoms with Crippen molar-refractivity contribution in [3.8, 4) is 11.8 Å². The Morgan fingerprint density at radius 1 is 1.35 bits per heavy atom. The van der Waals surface area contributed by atoms with Crippen LogP contribution in [0.15, 0.2) is 30.3 Å². The maximum atomic E-state index is 12.7. The van der Waals surface area contributed by atoms with Crippen molar-refractivity contribution in [3.05, 3.63) is 46.3 Å². The van der Waals surface area contributed by atoms with Crippen LogP contribution in [0.3, 0.4) is 0 Å². The number of ether oxygens (including phenoxy) is 1. The van der Waals surface area contributed by atoms with Crippen molar-refractivity contribution < 1.29 is 9.53 Å². The Labute approximate surface area is 135 Å². The van der Waals surface area contributed by atoms with Gasteiger partial charge in [0.05, 0.1) is 18.4 Å². The number of fused-ring (bicyclic) bond motifs is 1. The normalized spacial score (nSPS) is 10.4. The number of carbonyl (C=O) groups is 1. The quantitative estimate of drug-likeness (QED) is 0.715. The van der Waals surface area contributed by atoms with Gasteiger partial charge in [-0.05, 0) is 18.2 Å². The summed E-state index contributed by atoms with van der Waals surface area (Å²) < 4.78 is 5.13. The first-order valence-electron chi connectivity index (χ1n) is 6.62.